The molecule has 11 nitrogen and oxygen atoms in total. The molecule has 0 saturated heterocycles. The average molecular weight is 515 g/mol. The van der Waals surface area contributed by atoms with Crippen molar-refractivity contribution in [2.45, 2.75) is 27.8 Å². The summed E-state index contributed by atoms with van der Waals surface area (Å²) in [5, 5.41) is 15.0. The van der Waals surface area contributed by atoms with Gasteiger partial charge in [0.1, 0.15) is 10.8 Å². The van der Waals surface area contributed by atoms with Crippen LogP contribution in [0.2, 0.25) is 0 Å². The van der Waals surface area contributed by atoms with Gasteiger partial charge in [0.25, 0.3) is 15.1 Å². The second kappa shape index (κ2) is 12.2. The Kier molecular flexibility index (Phi) is 10.3. The number of thioether (sulfide) groups is 1. The summed E-state index contributed by atoms with van der Waals surface area (Å²) in [5.74, 6) is 0.234. The van der Waals surface area contributed by atoms with Crippen molar-refractivity contribution >= 4 is 51.0 Å². The molecule has 0 aromatic carbocycles. The van der Waals surface area contributed by atoms with Gasteiger partial charge in [-0.2, -0.15) is 16.1 Å². The zero-order chi connectivity index (χ0) is 23.0. The number of nitrogens with zero attached hydrogens (tertiary/aromatic N) is 3. The lowest BCUT2D eigenvalue weighted by Gasteiger charge is -2.38. The van der Waals surface area contributed by atoms with Gasteiger partial charge in [0, 0.05) is 44.7 Å². The Hall–Kier alpha value is -1.10. The van der Waals surface area contributed by atoms with Crippen molar-refractivity contribution < 1.29 is 27.9 Å². The maximum absolute atomic E-state index is 13.1. The molecule has 1 amide bonds. The van der Waals surface area contributed by atoms with Gasteiger partial charge in [-0.3, -0.25) is 9.93 Å². The number of carbonyl (C=O) groups is 1. The van der Waals surface area contributed by atoms with Crippen LogP contribution >= 0.6 is 35.0 Å². The summed E-state index contributed by atoms with van der Waals surface area (Å²) in [7, 11) is -2.12. The van der Waals surface area contributed by atoms with Crippen LogP contribution in [-0.2, 0) is 24.4 Å². The number of carbonyl (C=O) groups excluding carboxylic acids is 1. The quantitative estimate of drug-likeness (QED) is 0.178. The van der Waals surface area contributed by atoms with Crippen LogP contribution in [0.3, 0.4) is 0 Å². The summed E-state index contributed by atoms with van der Waals surface area (Å²) in [5.41, 5.74) is 0.581. The third kappa shape index (κ3) is 6.69. The highest BCUT2D eigenvalue weighted by atomic mass is 32.3. The minimum Gasteiger partial charge on any atom is -0.385 e. The molecule has 15 heteroatoms. The number of sulfonamides is 1. The second-order valence-electron chi connectivity index (χ2n) is 6.44. The number of likely N-dealkylation sites (N-methyl/N-ethyl adjacent to an activating group) is 1. The van der Waals surface area contributed by atoms with Crippen LogP contribution in [0.25, 0.3) is 0 Å². The van der Waals surface area contributed by atoms with Gasteiger partial charge in [-0.05, 0) is 31.4 Å². The highest BCUT2D eigenvalue weighted by Crippen LogP contribution is 2.43. The first-order valence-electron chi connectivity index (χ1n) is 9.40. The Bertz CT molecular complexity index is 864. The van der Waals surface area contributed by atoms with E-state index in [1.54, 1.807) is 18.1 Å². The Morgan fingerprint density at radius 3 is 2.84 bits per heavy atom. The molecule has 1 aliphatic rings. The van der Waals surface area contributed by atoms with Crippen LogP contribution in [0.4, 0.5) is 0 Å². The number of thiophene rings is 1. The molecule has 1 aliphatic heterocycles. The normalized spacial score (nSPS) is 17.8. The molecule has 0 saturated carbocycles. The van der Waals surface area contributed by atoms with Gasteiger partial charge in [-0.1, -0.05) is 0 Å². The fourth-order valence-corrected chi connectivity index (χ4v) is 7.81. The molecule has 2 N–H and O–H groups in total. The van der Waals surface area contributed by atoms with Crippen LogP contribution in [0, 0.1) is 10.1 Å². The third-order valence-corrected chi connectivity index (χ3v) is 9.70. The largest absolute Gasteiger partial charge is 0.385 e. The molecule has 2 rings (SSSR count). The molecular weight excluding hydrogens is 488 g/mol. The topological polar surface area (TPSA) is 145 Å². The molecule has 31 heavy (non-hydrogen) atoms. The van der Waals surface area contributed by atoms with Crippen LogP contribution in [0.5, 0.6) is 0 Å². The molecule has 1 atom stereocenters. The number of fused-ring (bicyclic) bond motifs is 1. The number of hydrogen-bond donors (Lipinski definition) is 1. The second-order valence-corrected chi connectivity index (χ2v) is 11.7. The summed E-state index contributed by atoms with van der Waals surface area (Å²) >= 11 is 3.31. The third-order valence-electron chi connectivity index (χ3n) is 4.57. The van der Waals surface area contributed by atoms with Gasteiger partial charge in [-0.15, -0.1) is 21.5 Å². The van der Waals surface area contributed by atoms with Crippen LogP contribution in [0.1, 0.15) is 24.9 Å². The molecule has 1 aromatic rings. The highest BCUT2D eigenvalue weighted by molar-refractivity contribution is 8.00. The van der Waals surface area contributed by atoms with E-state index in [0.29, 0.717) is 35.1 Å². The van der Waals surface area contributed by atoms with Crippen molar-refractivity contribution in [3.63, 3.8) is 0 Å². The molecule has 0 radical (unpaired) electrons. The first-order valence-corrected chi connectivity index (χ1v) is 13.7. The number of hydrogen-bond acceptors (Lipinski definition) is 11. The Balaban J connectivity index is 2.21. The first-order chi connectivity index (χ1) is 14.8. The lowest BCUT2D eigenvalue weighted by molar-refractivity contribution is -0.756. The van der Waals surface area contributed by atoms with E-state index in [0.717, 1.165) is 23.3 Å². The number of nitrogens with two attached hydrogens (primary N) is 1. The molecule has 2 heterocycles. The smallest absolute Gasteiger partial charge is 0.294 e. The van der Waals surface area contributed by atoms with E-state index in [4.69, 9.17) is 9.88 Å². The maximum atomic E-state index is 13.1. The van der Waals surface area contributed by atoms with Gasteiger partial charge in [0.15, 0.2) is 0 Å². The average Bonchev–Trinajstić information content (AvgIpc) is 3.17. The van der Waals surface area contributed by atoms with Crippen molar-refractivity contribution in [3.8, 4) is 0 Å². The van der Waals surface area contributed by atoms with Crippen molar-refractivity contribution in [2.24, 2.45) is 5.14 Å². The molecule has 176 valence electrons. The molecule has 0 aliphatic carbocycles. The Morgan fingerprint density at radius 2 is 2.23 bits per heavy atom. The van der Waals surface area contributed by atoms with Gasteiger partial charge < -0.3 is 14.5 Å². The van der Waals surface area contributed by atoms with Crippen molar-refractivity contribution in [1.82, 2.24) is 9.21 Å². The van der Waals surface area contributed by atoms with Crippen LogP contribution < -0.4 is 5.14 Å². The van der Waals surface area contributed by atoms with E-state index >= 15 is 0 Å². The number of ether oxygens (including phenoxy) is 1. The molecule has 1 unspecified atom stereocenters. The molecule has 0 spiro atoms. The zero-order valence-electron chi connectivity index (χ0n) is 17.2. The maximum Gasteiger partial charge on any atom is 0.294 e. The van der Waals surface area contributed by atoms with E-state index in [1.165, 1.54) is 16.1 Å². The van der Waals surface area contributed by atoms with Crippen molar-refractivity contribution in [2.75, 3.05) is 51.5 Å². The molecule has 0 bridgehead atoms. The minimum absolute atomic E-state index is 0.0994. The molecule has 0 fully saturated rings. The first kappa shape index (κ1) is 26.2. The monoisotopic (exact) mass is 514 g/mol. The van der Waals surface area contributed by atoms with E-state index in [-0.39, 0.29) is 35.6 Å². The summed E-state index contributed by atoms with van der Waals surface area (Å²) in [6.07, 6.45) is 0.536. The van der Waals surface area contributed by atoms with Gasteiger partial charge >= 0.3 is 0 Å². The van der Waals surface area contributed by atoms with E-state index < -0.39 is 21.2 Å². The lowest BCUT2D eigenvalue weighted by atomic mass is 10.1. The van der Waals surface area contributed by atoms with Crippen LogP contribution in [-0.4, -0.2) is 80.1 Å². The Morgan fingerprint density at radius 1 is 1.48 bits per heavy atom. The van der Waals surface area contributed by atoms with E-state index in [9.17, 15) is 23.3 Å². The van der Waals surface area contributed by atoms with Crippen molar-refractivity contribution in [3.05, 3.63) is 21.7 Å². The highest BCUT2D eigenvalue weighted by Gasteiger charge is 2.41. The van der Waals surface area contributed by atoms with E-state index in [2.05, 4.69) is 4.84 Å². The number of amides is 1. The fraction of sp³-hybridized carbons (Fsp3) is 0.688. The SMILES string of the molecule is CCN(C(=O)CSCCO[N+](=O)[O-])C1CN(CCCOC)S(=O)(=O)c2sc(SN)cc21. The van der Waals surface area contributed by atoms with Crippen molar-refractivity contribution in [1.29, 1.82) is 0 Å². The predicted octanol–water partition coefficient (Wildman–Crippen LogP) is 1.59. The standard InChI is InChI=1S/C16H26N4O7S4/c1-3-19(14(21)11-28-8-7-27-20(22)23)13-10-18(5-4-6-26-2)31(24,25)16-12(13)9-15(29-16)30-17/h9,13H,3-8,10-11,17H2,1-2H3. The summed E-state index contributed by atoms with van der Waals surface area (Å²) in [4.78, 5) is 29.0. The summed E-state index contributed by atoms with van der Waals surface area (Å²) < 4.78 is 33.6. The number of methoxy groups -OCH3 is 1. The Labute approximate surface area is 193 Å². The fourth-order valence-electron chi connectivity index (χ4n) is 3.21. The number of rotatable bonds is 13. The molecule has 1 aromatic heterocycles. The van der Waals surface area contributed by atoms with Gasteiger partial charge in [0.05, 0.1) is 16.0 Å². The minimum atomic E-state index is -3.68. The zero-order valence-corrected chi connectivity index (χ0v) is 20.5. The van der Waals surface area contributed by atoms with E-state index in [1.807, 2.05) is 6.92 Å². The van der Waals surface area contributed by atoms with Gasteiger partial charge in [-0.25, -0.2) is 8.42 Å². The van der Waals surface area contributed by atoms with Gasteiger partial charge in [0.2, 0.25) is 5.91 Å². The van der Waals surface area contributed by atoms with Crippen LogP contribution in [0.15, 0.2) is 14.5 Å². The lowest BCUT2D eigenvalue weighted by Crippen LogP contribution is -2.47. The predicted molar refractivity (Wildman–Crippen MR) is 120 cm³/mol. The summed E-state index contributed by atoms with van der Waals surface area (Å²) in [6, 6.07) is 1.30. The summed E-state index contributed by atoms with van der Waals surface area (Å²) in [6.45, 7) is 2.99. The molecular formula is C16H26N4O7S4.